The third-order valence-corrected chi connectivity index (χ3v) is 2.38. The number of anilines is 1. The van der Waals surface area contributed by atoms with E-state index in [0.717, 1.165) is 11.1 Å². The van der Waals surface area contributed by atoms with Crippen molar-refractivity contribution in [2.45, 2.75) is 0 Å². The lowest BCUT2D eigenvalue weighted by Gasteiger charge is -2.13. The number of nitrogens with two attached hydrogens (primary N) is 1. The van der Waals surface area contributed by atoms with Crippen LogP contribution >= 0.6 is 0 Å². The molecule has 0 spiro atoms. The van der Waals surface area contributed by atoms with E-state index in [4.69, 9.17) is 19.6 Å². The van der Waals surface area contributed by atoms with Gasteiger partial charge < -0.3 is 19.6 Å². The molecule has 0 saturated heterocycles. The first-order valence-corrected chi connectivity index (χ1v) is 4.81. The Balaban J connectivity index is 2.68. The molecule has 1 aromatic heterocycles. The van der Waals surface area contributed by atoms with E-state index >= 15 is 0 Å². The van der Waals surface area contributed by atoms with Crippen LogP contribution in [0.3, 0.4) is 0 Å². The van der Waals surface area contributed by atoms with Crippen LogP contribution < -0.4 is 15.2 Å². The molecule has 0 radical (unpaired) electrons. The maximum atomic E-state index is 5.85. The summed E-state index contributed by atoms with van der Waals surface area (Å²) in [5.41, 5.74) is 8.10. The van der Waals surface area contributed by atoms with Crippen molar-refractivity contribution in [3.05, 3.63) is 30.7 Å². The molecule has 2 N–H and O–H groups in total. The van der Waals surface area contributed by atoms with Crippen molar-refractivity contribution in [1.82, 2.24) is 0 Å². The molecule has 0 atom stereocenters. The van der Waals surface area contributed by atoms with Gasteiger partial charge in [0.2, 0.25) is 0 Å². The maximum Gasteiger partial charge on any atom is 0.153 e. The number of ether oxygens (including phenoxy) is 2. The zero-order valence-corrected chi connectivity index (χ0v) is 9.19. The highest BCUT2D eigenvalue weighted by atomic mass is 16.5. The van der Waals surface area contributed by atoms with Crippen LogP contribution in [0.5, 0.6) is 11.5 Å². The lowest BCUT2D eigenvalue weighted by molar-refractivity contribution is 0.398. The van der Waals surface area contributed by atoms with Gasteiger partial charge in [0, 0.05) is 5.56 Å². The van der Waals surface area contributed by atoms with Crippen molar-refractivity contribution in [2.75, 3.05) is 20.0 Å². The molecule has 0 amide bonds. The van der Waals surface area contributed by atoms with E-state index in [1.54, 1.807) is 38.9 Å². The first kappa shape index (κ1) is 10.4. The van der Waals surface area contributed by atoms with Crippen LogP contribution in [0, 0.1) is 0 Å². The van der Waals surface area contributed by atoms with E-state index in [1.807, 2.05) is 6.07 Å². The summed E-state index contributed by atoms with van der Waals surface area (Å²) in [6.45, 7) is 0. The van der Waals surface area contributed by atoms with E-state index in [9.17, 15) is 0 Å². The smallest absolute Gasteiger partial charge is 0.153 e. The van der Waals surface area contributed by atoms with Crippen LogP contribution in [-0.2, 0) is 0 Å². The van der Waals surface area contributed by atoms with E-state index in [0.29, 0.717) is 17.2 Å². The monoisotopic (exact) mass is 219 g/mol. The molecule has 0 bridgehead atoms. The second kappa shape index (κ2) is 4.18. The van der Waals surface area contributed by atoms with Crippen molar-refractivity contribution in [1.29, 1.82) is 0 Å². The normalized spacial score (nSPS) is 10.1. The fraction of sp³-hybridized carbons (Fsp3) is 0.167. The Morgan fingerprint density at radius 2 is 1.94 bits per heavy atom. The molecule has 4 heteroatoms. The molecule has 1 heterocycles. The third-order valence-electron chi connectivity index (χ3n) is 2.38. The molecule has 0 saturated carbocycles. The molecular weight excluding hydrogens is 206 g/mol. The molecule has 0 unspecified atom stereocenters. The summed E-state index contributed by atoms with van der Waals surface area (Å²) in [7, 11) is 3.18. The van der Waals surface area contributed by atoms with Crippen molar-refractivity contribution >= 4 is 5.69 Å². The van der Waals surface area contributed by atoms with Gasteiger partial charge in [0.1, 0.15) is 5.75 Å². The predicted octanol–water partition coefficient (Wildman–Crippen LogP) is 2.55. The molecular formula is C12H13NO3. The van der Waals surface area contributed by atoms with E-state index in [2.05, 4.69) is 0 Å². The fourth-order valence-electron chi connectivity index (χ4n) is 1.65. The number of nitrogen functional groups attached to an aromatic ring is 1. The molecule has 2 rings (SSSR count). The van der Waals surface area contributed by atoms with Gasteiger partial charge in [0.25, 0.3) is 0 Å². The maximum absolute atomic E-state index is 5.85. The number of rotatable bonds is 3. The Bertz CT molecular complexity index is 477. The van der Waals surface area contributed by atoms with Gasteiger partial charge in [-0.15, -0.1) is 0 Å². The van der Waals surface area contributed by atoms with Crippen molar-refractivity contribution in [3.63, 3.8) is 0 Å². The number of benzene rings is 1. The van der Waals surface area contributed by atoms with Crippen LogP contribution in [0.25, 0.3) is 11.1 Å². The standard InChI is InChI=1S/C12H13NO3/c1-14-10-4-3-9(13)12(15-2)11(10)8-5-6-16-7-8/h3-7H,13H2,1-2H3. The quantitative estimate of drug-likeness (QED) is 0.806. The SMILES string of the molecule is COc1ccc(N)c(OC)c1-c1ccoc1. The Morgan fingerprint density at radius 1 is 1.12 bits per heavy atom. The Hall–Kier alpha value is -2.10. The summed E-state index contributed by atoms with van der Waals surface area (Å²) in [6, 6.07) is 5.39. The lowest BCUT2D eigenvalue weighted by Crippen LogP contribution is -1.97. The minimum atomic E-state index is 0.569. The molecule has 0 aliphatic heterocycles. The molecule has 4 nitrogen and oxygen atoms in total. The van der Waals surface area contributed by atoms with Gasteiger partial charge in [-0.2, -0.15) is 0 Å². The molecule has 0 aliphatic carbocycles. The summed E-state index contributed by atoms with van der Waals surface area (Å²) >= 11 is 0. The minimum Gasteiger partial charge on any atom is -0.496 e. The topological polar surface area (TPSA) is 57.6 Å². The highest BCUT2D eigenvalue weighted by Crippen LogP contribution is 2.42. The van der Waals surface area contributed by atoms with Gasteiger partial charge >= 0.3 is 0 Å². The highest BCUT2D eigenvalue weighted by Gasteiger charge is 2.16. The summed E-state index contributed by atoms with van der Waals surface area (Å²) in [5, 5.41) is 0. The number of hydrogen-bond acceptors (Lipinski definition) is 4. The van der Waals surface area contributed by atoms with Gasteiger partial charge in [0.15, 0.2) is 5.75 Å². The van der Waals surface area contributed by atoms with Gasteiger partial charge in [0.05, 0.1) is 38.0 Å². The average Bonchev–Trinajstić information content (AvgIpc) is 2.81. The van der Waals surface area contributed by atoms with Gasteiger partial charge in [-0.3, -0.25) is 0 Å². The molecule has 0 aliphatic rings. The lowest BCUT2D eigenvalue weighted by atomic mass is 10.1. The molecule has 0 fully saturated rings. The van der Waals surface area contributed by atoms with Crippen LogP contribution in [0.1, 0.15) is 0 Å². The van der Waals surface area contributed by atoms with Gasteiger partial charge in [-0.05, 0) is 18.2 Å². The van der Waals surface area contributed by atoms with Crippen LogP contribution in [0.15, 0.2) is 35.1 Å². The minimum absolute atomic E-state index is 0.569. The Labute approximate surface area is 93.6 Å². The average molecular weight is 219 g/mol. The molecule has 16 heavy (non-hydrogen) atoms. The number of methoxy groups -OCH3 is 2. The summed E-state index contributed by atoms with van der Waals surface area (Å²) in [5.74, 6) is 1.30. The number of furan rings is 1. The third kappa shape index (κ3) is 1.58. The van der Waals surface area contributed by atoms with Gasteiger partial charge in [-0.1, -0.05) is 0 Å². The molecule has 2 aromatic rings. The van der Waals surface area contributed by atoms with Crippen molar-refractivity contribution < 1.29 is 13.9 Å². The molecule has 84 valence electrons. The van der Waals surface area contributed by atoms with E-state index < -0.39 is 0 Å². The largest absolute Gasteiger partial charge is 0.496 e. The second-order valence-corrected chi connectivity index (χ2v) is 3.28. The van der Waals surface area contributed by atoms with Gasteiger partial charge in [-0.25, -0.2) is 0 Å². The number of hydrogen-bond donors (Lipinski definition) is 1. The molecule has 1 aromatic carbocycles. The highest BCUT2D eigenvalue weighted by molar-refractivity contribution is 5.82. The predicted molar refractivity (Wildman–Crippen MR) is 61.7 cm³/mol. The first-order valence-electron chi connectivity index (χ1n) is 4.81. The van der Waals surface area contributed by atoms with Crippen LogP contribution in [-0.4, -0.2) is 14.2 Å². The van der Waals surface area contributed by atoms with E-state index in [1.165, 1.54) is 0 Å². The zero-order chi connectivity index (χ0) is 11.5. The summed E-state index contributed by atoms with van der Waals surface area (Å²) in [6.07, 6.45) is 3.22. The summed E-state index contributed by atoms with van der Waals surface area (Å²) in [4.78, 5) is 0. The first-order chi connectivity index (χ1) is 7.77. The zero-order valence-electron chi connectivity index (χ0n) is 9.19. The Morgan fingerprint density at radius 3 is 2.50 bits per heavy atom. The van der Waals surface area contributed by atoms with Crippen molar-refractivity contribution in [2.24, 2.45) is 0 Å². The Kier molecular flexibility index (Phi) is 2.72. The fourth-order valence-corrected chi connectivity index (χ4v) is 1.65. The summed E-state index contributed by atoms with van der Waals surface area (Å²) < 4.78 is 15.6. The van der Waals surface area contributed by atoms with Crippen molar-refractivity contribution in [3.8, 4) is 22.6 Å². The van der Waals surface area contributed by atoms with E-state index in [-0.39, 0.29) is 0 Å². The van der Waals surface area contributed by atoms with Crippen LogP contribution in [0.4, 0.5) is 5.69 Å². The second-order valence-electron chi connectivity index (χ2n) is 3.28. The van der Waals surface area contributed by atoms with Crippen LogP contribution in [0.2, 0.25) is 0 Å².